The van der Waals surface area contributed by atoms with Gasteiger partial charge in [-0.2, -0.15) is 0 Å². The van der Waals surface area contributed by atoms with Crippen LogP contribution in [0.5, 0.6) is 0 Å². The Morgan fingerprint density at radius 1 is 1.15 bits per heavy atom. The van der Waals surface area contributed by atoms with Gasteiger partial charge in [-0.15, -0.1) is 0 Å². The highest BCUT2D eigenvalue weighted by atomic mass is 15.0. The predicted octanol–water partition coefficient (Wildman–Crippen LogP) is 2.79. The van der Waals surface area contributed by atoms with E-state index < -0.39 is 0 Å². The van der Waals surface area contributed by atoms with Gasteiger partial charge in [0, 0.05) is 6.54 Å². The molecule has 0 aliphatic heterocycles. The monoisotopic (exact) mass is 177 g/mol. The maximum Gasteiger partial charge on any atom is 0.0227 e. The van der Waals surface area contributed by atoms with Crippen molar-refractivity contribution in [3.8, 4) is 0 Å². The standard InChI is InChI=1S/C12H19N/c1-6-11(3)8-9-12(7-2)10-13(4)5/h6-9H,1-2,10H2,3-5H3/b11-8+,12-9+. The Balaban J connectivity index is 4.39. The molecule has 0 saturated heterocycles. The molecule has 0 aromatic rings. The first-order valence-electron chi connectivity index (χ1n) is 4.37. The molecule has 0 amide bonds. The SMILES string of the molecule is C=C/C(C)=C/C=C(\C=C)CN(C)C. The Labute approximate surface area is 81.8 Å². The number of nitrogens with zero attached hydrogens (tertiary/aromatic N) is 1. The first kappa shape index (κ1) is 11.9. The highest BCUT2D eigenvalue weighted by Crippen LogP contribution is 2.01. The number of likely N-dealkylation sites (N-methyl/N-ethyl adjacent to an activating group) is 1. The first-order chi connectivity index (χ1) is 6.10. The second-order valence-electron chi connectivity index (χ2n) is 3.30. The van der Waals surface area contributed by atoms with Crippen molar-refractivity contribution in [2.45, 2.75) is 6.92 Å². The lowest BCUT2D eigenvalue weighted by molar-refractivity contribution is 0.449. The molecule has 0 rings (SSSR count). The predicted molar refractivity (Wildman–Crippen MR) is 60.8 cm³/mol. The van der Waals surface area contributed by atoms with Crippen molar-refractivity contribution in [3.05, 3.63) is 48.6 Å². The highest BCUT2D eigenvalue weighted by Gasteiger charge is 1.92. The molecule has 0 bridgehead atoms. The van der Waals surface area contributed by atoms with E-state index in [1.807, 2.05) is 39.2 Å². The molecule has 1 heteroatoms. The zero-order valence-corrected chi connectivity index (χ0v) is 8.88. The Morgan fingerprint density at radius 2 is 1.77 bits per heavy atom. The number of hydrogen-bond acceptors (Lipinski definition) is 1. The number of hydrogen-bond donors (Lipinski definition) is 0. The normalized spacial score (nSPS) is 13.2. The zero-order chi connectivity index (χ0) is 10.3. The van der Waals surface area contributed by atoms with Gasteiger partial charge in [0.25, 0.3) is 0 Å². The van der Waals surface area contributed by atoms with Gasteiger partial charge in [-0.3, -0.25) is 0 Å². The molecule has 0 aromatic carbocycles. The second-order valence-corrected chi connectivity index (χ2v) is 3.30. The van der Waals surface area contributed by atoms with Crippen LogP contribution < -0.4 is 0 Å². The lowest BCUT2D eigenvalue weighted by Crippen LogP contribution is -2.14. The molecule has 0 saturated carbocycles. The van der Waals surface area contributed by atoms with Crippen LogP contribution in [0, 0.1) is 0 Å². The Kier molecular flexibility index (Phi) is 5.90. The minimum atomic E-state index is 0.921. The molecule has 13 heavy (non-hydrogen) atoms. The van der Waals surface area contributed by atoms with Gasteiger partial charge in [0.05, 0.1) is 0 Å². The molecule has 1 nitrogen and oxygen atoms in total. The fourth-order valence-electron chi connectivity index (χ4n) is 0.857. The molecular weight excluding hydrogens is 158 g/mol. The summed E-state index contributed by atoms with van der Waals surface area (Å²) in [4.78, 5) is 2.12. The van der Waals surface area contributed by atoms with Crippen LogP contribution in [0.2, 0.25) is 0 Å². The van der Waals surface area contributed by atoms with E-state index in [1.165, 1.54) is 5.57 Å². The fourth-order valence-corrected chi connectivity index (χ4v) is 0.857. The summed E-state index contributed by atoms with van der Waals surface area (Å²) in [6, 6.07) is 0. The minimum Gasteiger partial charge on any atom is -0.305 e. The van der Waals surface area contributed by atoms with Gasteiger partial charge in [-0.25, -0.2) is 0 Å². The third-order valence-electron chi connectivity index (χ3n) is 1.64. The maximum atomic E-state index is 3.77. The molecule has 72 valence electrons. The molecule has 0 N–H and O–H groups in total. The molecule has 0 spiro atoms. The molecule has 0 heterocycles. The van der Waals surface area contributed by atoms with Crippen LogP contribution in [0.3, 0.4) is 0 Å². The van der Waals surface area contributed by atoms with Crippen LogP contribution in [-0.2, 0) is 0 Å². The second kappa shape index (κ2) is 6.44. The van der Waals surface area contributed by atoms with Crippen molar-refractivity contribution in [2.24, 2.45) is 0 Å². The average Bonchev–Trinajstić information content (AvgIpc) is 2.10. The highest BCUT2D eigenvalue weighted by molar-refractivity contribution is 5.28. The van der Waals surface area contributed by atoms with Crippen LogP contribution in [0.15, 0.2) is 48.6 Å². The van der Waals surface area contributed by atoms with Crippen molar-refractivity contribution < 1.29 is 0 Å². The van der Waals surface area contributed by atoms with E-state index in [0.717, 1.165) is 12.1 Å². The summed E-state index contributed by atoms with van der Waals surface area (Å²) >= 11 is 0. The molecule has 0 fully saturated rings. The van der Waals surface area contributed by atoms with Crippen LogP contribution in [-0.4, -0.2) is 25.5 Å². The molecule has 0 aromatic heterocycles. The van der Waals surface area contributed by atoms with Crippen molar-refractivity contribution in [3.63, 3.8) is 0 Å². The van der Waals surface area contributed by atoms with Crippen LogP contribution in [0.4, 0.5) is 0 Å². The van der Waals surface area contributed by atoms with E-state index >= 15 is 0 Å². The van der Waals surface area contributed by atoms with Gasteiger partial charge in [0.15, 0.2) is 0 Å². The van der Waals surface area contributed by atoms with Crippen LogP contribution >= 0.6 is 0 Å². The Morgan fingerprint density at radius 3 is 2.15 bits per heavy atom. The quantitative estimate of drug-likeness (QED) is 0.584. The molecule has 0 aliphatic carbocycles. The van der Waals surface area contributed by atoms with Gasteiger partial charge in [0.1, 0.15) is 0 Å². The van der Waals surface area contributed by atoms with E-state index in [4.69, 9.17) is 0 Å². The van der Waals surface area contributed by atoms with E-state index in [2.05, 4.69) is 24.1 Å². The molecule has 0 unspecified atom stereocenters. The van der Waals surface area contributed by atoms with Gasteiger partial charge in [-0.1, -0.05) is 43.0 Å². The van der Waals surface area contributed by atoms with E-state index in [9.17, 15) is 0 Å². The Bertz CT molecular complexity index is 232. The van der Waals surface area contributed by atoms with Gasteiger partial charge in [0.2, 0.25) is 0 Å². The van der Waals surface area contributed by atoms with E-state index in [0.29, 0.717) is 0 Å². The maximum absolute atomic E-state index is 3.77. The number of rotatable bonds is 5. The third-order valence-corrected chi connectivity index (χ3v) is 1.64. The van der Waals surface area contributed by atoms with E-state index in [1.54, 1.807) is 0 Å². The summed E-state index contributed by atoms with van der Waals surface area (Å²) in [7, 11) is 4.09. The first-order valence-corrected chi connectivity index (χ1v) is 4.37. The average molecular weight is 177 g/mol. The number of allylic oxidation sites excluding steroid dienone is 4. The topological polar surface area (TPSA) is 3.24 Å². The van der Waals surface area contributed by atoms with Crippen LogP contribution in [0.25, 0.3) is 0 Å². The van der Waals surface area contributed by atoms with Crippen molar-refractivity contribution in [2.75, 3.05) is 20.6 Å². The summed E-state index contributed by atoms with van der Waals surface area (Å²) in [6.45, 7) is 10.4. The smallest absolute Gasteiger partial charge is 0.0227 e. The zero-order valence-electron chi connectivity index (χ0n) is 8.88. The van der Waals surface area contributed by atoms with Crippen molar-refractivity contribution in [1.82, 2.24) is 4.90 Å². The largest absolute Gasteiger partial charge is 0.305 e. The van der Waals surface area contributed by atoms with Gasteiger partial charge < -0.3 is 4.90 Å². The fraction of sp³-hybridized carbons (Fsp3) is 0.333. The van der Waals surface area contributed by atoms with Crippen molar-refractivity contribution in [1.29, 1.82) is 0 Å². The molecule has 0 atom stereocenters. The third kappa shape index (κ3) is 6.12. The van der Waals surface area contributed by atoms with E-state index in [-0.39, 0.29) is 0 Å². The summed E-state index contributed by atoms with van der Waals surface area (Å²) in [5.41, 5.74) is 2.38. The van der Waals surface area contributed by atoms with Crippen LogP contribution in [0.1, 0.15) is 6.92 Å². The van der Waals surface area contributed by atoms with Gasteiger partial charge >= 0.3 is 0 Å². The Hall–Kier alpha value is -1.08. The summed E-state index contributed by atoms with van der Waals surface area (Å²) in [6.07, 6.45) is 7.84. The lowest BCUT2D eigenvalue weighted by atomic mass is 10.2. The molecular formula is C12H19N. The summed E-state index contributed by atoms with van der Waals surface area (Å²) in [5.74, 6) is 0. The molecule has 0 aliphatic rings. The van der Waals surface area contributed by atoms with Crippen molar-refractivity contribution >= 4 is 0 Å². The summed E-state index contributed by atoms with van der Waals surface area (Å²) < 4.78 is 0. The minimum absolute atomic E-state index is 0.921. The summed E-state index contributed by atoms with van der Waals surface area (Å²) in [5, 5.41) is 0. The lowest BCUT2D eigenvalue weighted by Gasteiger charge is -2.09. The van der Waals surface area contributed by atoms with Gasteiger partial charge in [-0.05, 0) is 26.6 Å². The molecule has 0 radical (unpaired) electrons.